The van der Waals surface area contributed by atoms with E-state index in [0.717, 1.165) is 12.8 Å². The minimum atomic E-state index is -3.20. The molecule has 0 saturated carbocycles. The number of anilines is 1. The van der Waals surface area contributed by atoms with Gasteiger partial charge in [-0.05, 0) is 37.0 Å². The lowest BCUT2D eigenvalue weighted by Gasteiger charge is -2.30. The fraction of sp³-hybridized carbons (Fsp3) is 0.412. The molecule has 3 rings (SSSR count). The van der Waals surface area contributed by atoms with E-state index in [9.17, 15) is 18.0 Å². The predicted molar refractivity (Wildman–Crippen MR) is 98.6 cm³/mol. The Morgan fingerprint density at radius 3 is 2.92 bits per heavy atom. The standard InChI is InChI=1S/C17H21N3O5S/c1-26(23,24)20-7-2-3-12(11-20)10-18-17(22)19-13-4-5-16-14(9-13)15(21)6-8-25-16/h4-6,8-9,12H,2-3,7,10-11H2,1H3,(H2,18,19,22)/t12-/m1/s1. The Hall–Kier alpha value is -2.39. The van der Waals surface area contributed by atoms with Crippen LogP contribution in [0.2, 0.25) is 0 Å². The molecule has 1 fully saturated rings. The van der Waals surface area contributed by atoms with E-state index < -0.39 is 16.1 Å². The van der Waals surface area contributed by atoms with Gasteiger partial charge in [-0.25, -0.2) is 17.5 Å². The fourth-order valence-electron chi connectivity index (χ4n) is 3.07. The number of amides is 2. The maximum Gasteiger partial charge on any atom is 0.319 e. The van der Waals surface area contributed by atoms with Crippen LogP contribution in [0.4, 0.5) is 10.5 Å². The van der Waals surface area contributed by atoms with Gasteiger partial charge in [-0.15, -0.1) is 0 Å². The van der Waals surface area contributed by atoms with Crippen molar-refractivity contribution >= 4 is 32.7 Å². The van der Waals surface area contributed by atoms with Gasteiger partial charge in [-0.1, -0.05) is 0 Å². The number of fused-ring (bicyclic) bond motifs is 1. The molecule has 0 aliphatic carbocycles. The third-order valence-electron chi connectivity index (χ3n) is 4.42. The lowest BCUT2D eigenvalue weighted by Crippen LogP contribution is -2.43. The number of urea groups is 1. The molecule has 1 aliphatic heterocycles. The highest BCUT2D eigenvalue weighted by molar-refractivity contribution is 7.88. The first kappa shape index (κ1) is 18.4. The molecule has 2 amide bonds. The normalized spacial score (nSPS) is 18.6. The van der Waals surface area contributed by atoms with Crippen LogP contribution in [-0.2, 0) is 10.0 Å². The predicted octanol–water partition coefficient (Wildman–Crippen LogP) is 1.59. The van der Waals surface area contributed by atoms with Gasteiger partial charge in [0.1, 0.15) is 5.58 Å². The van der Waals surface area contributed by atoms with Crippen LogP contribution < -0.4 is 16.1 Å². The van der Waals surface area contributed by atoms with E-state index in [1.165, 1.54) is 22.9 Å². The smallest absolute Gasteiger partial charge is 0.319 e. The van der Waals surface area contributed by atoms with Gasteiger partial charge < -0.3 is 15.1 Å². The maximum absolute atomic E-state index is 12.1. The summed E-state index contributed by atoms with van der Waals surface area (Å²) in [6, 6.07) is 5.75. The highest BCUT2D eigenvalue weighted by Crippen LogP contribution is 2.18. The quantitative estimate of drug-likeness (QED) is 0.838. The second-order valence-corrected chi connectivity index (χ2v) is 8.44. The number of sulfonamides is 1. The van der Waals surface area contributed by atoms with Crippen molar-refractivity contribution in [1.29, 1.82) is 0 Å². The number of carbonyl (C=O) groups is 1. The zero-order chi connectivity index (χ0) is 18.7. The number of hydrogen-bond donors (Lipinski definition) is 2. The Bertz CT molecular complexity index is 970. The lowest BCUT2D eigenvalue weighted by molar-refractivity contribution is 0.239. The highest BCUT2D eigenvalue weighted by Gasteiger charge is 2.25. The average molecular weight is 379 g/mol. The number of piperidine rings is 1. The van der Waals surface area contributed by atoms with Crippen LogP contribution >= 0.6 is 0 Å². The second kappa shape index (κ2) is 7.46. The maximum atomic E-state index is 12.1. The highest BCUT2D eigenvalue weighted by atomic mass is 32.2. The molecular weight excluding hydrogens is 358 g/mol. The summed E-state index contributed by atoms with van der Waals surface area (Å²) in [6.07, 6.45) is 4.17. The van der Waals surface area contributed by atoms with Crippen molar-refractivity contribution in [3.05, 3.63) is 40.8 Å². The number of carbonyl (C=O) groups excluding carboxylic acids is 1. The number of nitrogens with zero attached hydrogens (tertiary/aromatic N) is 1. The Labute approximate surface area is 151 Å². The summed E-state index contributed by atoms with van der Waals surface area (Å²) < 4.78 is 30.0. The van der Waals surface area contributed by atoms with Crippen molar-refractivity contribution in [3.8, 4) is 0 Å². The van der Waals surface area contributed by atoms with Crippen molar-refractivity contribution in [1.82, 2.24) is 9.62 Å². The Morgan fingerprint density at radius 1 is 1.35 bits per heavy atom. The second-order valence-electron chi connectivity index (χ2n) is 6.46. The van der Waals surface area contributed by atoms with E-state index >= 15 is 0 Å². The van der Waals surface area contributed by atoms with E-state index in [0.29, 0.717) is 36.3 Å². The number of rotatable bonds is 4. The summed E-state index contributed by atoms with van der Waals surface area (Å²) in [5, 5.41) is 5.83. The minimum absolute atomic E-state index is 0.0767. The van der Waals surface area contributed by atoms with Gasteiger partial charge in [0.15, 0.2) is 5.43 Å². The van der Waals surface area contributed by atoms with Crippen molar-refractivity contribution in [3.63, 3.8) is 0 Å². The third kappa shape index (κ3) is 4.41. The minimum Gasteiger partial charge on any atom is -0.464 e. The molecule has 2 N–H and O–H groups in total. The summed E-state index contributed by atoms with van der Waals surface area (Å²) in [5.41, 5.74) is 0.750. The number of hydrogen-bond acceptors (Lipinski definition) is 5. The van der Waals surface area contributed by atoms with Crippen LogP contribution in [0.3, 0.4) is 0 Å². The van der Waals surface area contributed by atoms with Gasteiger partial charge in [0.2, 0.25) is 10.0 Å². The van der Waals surface area contributed by atoms with Gasteiger partial charge in [-0.2, -0.15) is 0 Å². The van der Waals surface area contributed by atoms with Gasteiger partial charge in [0.05, 0.1) is 17.9 Å². The van der Waals surface area contributed by atoms with Crippen molar-refractivity contribution < 1.29 is 17.6 Å². The Morgan fingerprint density at radius 2 is 2.15 bits per heavy atom. The summed E-state index contributed by atoms with van der Waals surface area (Å²) >= 11 is 0. The van der Waals surface area contributed by atoms with Gasteiger partial charge in [0, 0.05) is 31.4 Å². The molecule has 2 aromatic rings. The molecule has 0 spiro atoms. The number of benzene rings is 1. The van der Waals surface area contributed by atoms with E-state index in [-0.39, 0.29) is 11.3 Å². The summed E-state index contributed by atoms with van der Waals surface area (Å²) in [4.78, 5) is 23.9. The largest absolute Gasteiger partial charge is 0.464 e. The van der Waals surface area contributed by atoms with Crippen LogP contribution in [-0.4, -0.2) is 44.6 Å². The first-order valence-electron chi connectivity index (χ1n) is 8.34. The molecule has 1 aromatic carbocycles. The van der Waals surface area contributed by atoms with Crippen LogP contribution in [0.15, 0.2) is 39.7 Å². The SMILES string of the molecule is CS(=O)(=O)N1CCC[C@H](CNC(=O)Nc2ccc3occc(=O)c3c2)C1. The zero-order valence-electron chi connectivity index (χ0n) is 14.4. The molecule has 0 bridgehead atoms. The summed E-state index contributed by atoms with van der Waals surface area (Å²) in [5.74, 6) is 0.0767. The first-order valence-corrected chi connectivity index (χ1v) is 10.2. The molecule has 1 aliphatic rings. The first-order chi connectivity index (χ1) is 12.3. The summed E-state index contributed by atoms with van der Waals surface area (Å²) in [6.45, 7) is 1.32. The zero-order valence-corrected chi connectivity index (χ0v) is 15.2. The Kier molecular flexibility index (Phi) is 5.28. The van der Waals surface area contributed by atoms with E-state index in [1.807, 2.05) is 0 Å². The average Bonchev–Trinajstić information content (AvgIpc) is 2.60. The van der Waals surface area contributed by atoms with Crippen LogP contribution in [0, 0.1) is 5.92 Å². The van der Waals surface area contributed by atoms with Crippen LogP contribution in [0.5, 0.6) is 0 Å². The molecule has 0 unspecified atom stereocenters. The molecule has 26 heavy (non-hydrogen) atoms. The van der Waals surface area contributed by atoms with Crippen molar-refractivity contribution in [2.24, 2.45) is 5.92 Å². The molecule has 1 atom stereocenters. The topological polar surface area (TPSA) is 109 Å². The van der Waals surface area contributed by atoms with E-state index in [1.54, 1.807) is 18.2 Å². The monoisotopic (exact) mass is 379 g/mol. The molecule has 2 heterocycles. The molecule has 8 nitrogen and oxygen atoms in total. The van der Waals surface area contributed by atoms with Gasteiger partial charge >= 0.3 is 6.03 Å². The third-order valence-corrected chi connectivity index (χ3v) is 5.69. The van der Waals surface area contributed by atoms with Crippen LogP contribution in [0.25, 0.3) is 11.0 Å². The number of nitrogens with one attached hydrogen (secondary N) is 2. The van der Waals surface area contributed by atoms with Crippen LogP contribution in [0.1, 0.15) is 12.8 Å². The van der Waals surface area contributed by atoms with Gasteiger partial charge in [0.25, 0.3) is 0 Å². The molecule has 9 heteroatoms. The summed E-state index contributed by atoms with van der Waals surface area (Å²) in [7, 11) is -3.20. The molecule has 1 saturated heterocycles. The van der Waals surface area contributed by atoms with E-state index in [4.69, 9.17) is 4.42 Å². The van der Waals surface area contributed by atoms with Crippen molar-refractivity contribution in [2.45, 2.75) is 12.8 Å². The Balaban J connectivity index is 1.58. The molecule has 0 radical (unpaired) electrons. The van der Waals surface area contributed by atoms with E-state index in [2.05, 4.69) is 10.6 Å². The molecular formula is C17H21N3O5S. The molecule has 140 valence electrons. The lowest BCUT2D eigenvalue weighted by atomic mass is 10.00. The molecule has 1 aromatic heterocycles. The fourth-order valence-corrected chi connectivity index (χ4v) is 4.01. The van der Waals surface area contributed by atoms with Gasteiger partial charge in [-0.3, -0.25) is 4.79 Å². The van der Waals surface area contributed by atoms with Crippen molar-refractivity contribution in [2.75, 3.05) is 31.2 Å².